The van der Waals surface area contributed by atoms with Crippen molar-refractivity contribution in [2.45, 2.75) is 0 Å². The molecule has 0 atom stereocenters. The summed E-state index contributed by atoms with van der Waals surface area (Å²) in [6.45, 7) is 0. The minimum atomic E-state index is -5.49. The zero-order valence-electron chi connectivity index (χ0n) is 5.71. The van der Waals surface area contributed by atoms with Crippen molar-refractivity contribution in [3.63, 3.8) is 0 Å². The molecule has 5 nitrogen and oxygen atoms in total. The molecule has 0 bridgehead atoms. The number of rotatable bonds is 2. The van der Waals surface area contributed by atoms with Crippen LogP contribution in [-0.4, -0.2) is 16.8 Å². The maximum Gasteiger partial charge on any atom is 1.00 e. The van der Waals surface area contributed by atoms with Gasteiger partial charge in [-0.25, -0.2) is 0 Å². The summed E-state index contributed by atoms with van der Waals surface area (Å²) < 4.78 is 59.3. The molecule has 0 aromatic rings. The summed E-state index contributed by atoms with van der Waals surface area (Å²) >= 11 is 0. The summed E-state index contributed by atoms with van der Waals surface area (Å²) in [4.78, 5) is 0. The van der Waals surface area contributed by atoms with Crippen LogP contribution in [0.5, 0.6) is 0 Å². The van der Waals surface area contributed by atoms with Crippen molar-refractivity contribution in [3.05, 3.63) is 0 Å². The largest absolute Gasteiger partial charge is 1.00 e. The second-order valence-corrected chi connectivity index (χ2v) is 3.38. The molecule has 0 amide bonds. The van der Waals surface area contributed by atoms with Gasteiger partial charge in [0.2, 0.25) is 0 Å². The molecule has 1 N–H and O–H groups in total. The van der Waals surface area contributed by atoms with Gasteiger partial charge < -0.3 is 1.43 Å². The molecule has 10 heteroatoms. The van der Waals surface area contributed by atoms with Gasteiger partial charge in [-0.15, -0.1) is 0 Å². The van der Waals surface area contributed by atoms with Gasteiger partial charge in [-0.2, -0.15) is 16.8 Å². The van der Waals surface area contributed by atoms with Crippen molar-refractivity contribution in [1.29, 1.82) is 0 Å². The first kappa shape index (κ1) is 12.9. The molecule has 0 aliphatic rings. The summed E-state index contributed by atoms with van der Waals surface area (Å²) in [5.74, 6) is 0. The van der Waals surface area contributed by atoms with Gasteiger partial charge in [0.1, 0.15) is 0 Å². The first-order chi connectivity index (χ1) is 3.71. The SMILES string of the molecule is O=S(=O)(F)NS(=O)(=O)F.[H-].[Li+]. The molecule has 0 radical (unpaired) electrons. The van der Waals surface area contributed by atoms with Gasteiger partial charge in [-0.1, -0.05) is 11.9 Å². The Morgan fingerprint density at radius 2 is 1.20 bits per heavy atom. The summed E-state index contributed by atoms with van der Waals surface area (Å²) in [5.41, 5.74) is 0. The molecule has 0 saturated heterocycles. The average Bonchev–Trinajstić information content (AvgIpc) is 1.14. The monoisotopic (exact) mass is 189 g/mol. The Morgan fingerprint density at radius 1 is 1.00 bits per heavy atom. The first-order valence-electron chi connectivity index (χ1n) is 1.38. The minimum Gasteiger partial charge on any atom is -1.00 e. The summed E-state index contributed by atoms with van der Waals surface area (Å²) in [6, 6.07) is 0. The maximum atomic E-state index is 11.1. The fourth-order valence-electron chi connectivity index (χ4n) is 0.119. The summed E-state index contributed by atoms with van der Waals surface area (Å²) in [7, 11) is -11.0. The van der Waals surface area contributed by atoms with E-state index in [4.69, 9.17) is 0 Å². The smallest absolute Gasteiger partial charge is 1.00 e. The quantitative estimate of drug-likeness (QED) is 0.356. The Morgan fingerprint density at radius 3 is 1.20 bits per heavy atom. The van der Waals surface area contributed by atoms with E-state index in [0.29, 0.717) is 0 Å². The number of nitrogens with one attached hydrogen (secondary N) is 1. The van der Waals surface area contributed by atoms with Crippen molar-refractivity contribution < 1.29 is 44.9 Å². The average molecular weight is 189 g/mol. The third-order valence-electron chi connectivity index (χ3n) is 0.199. The third-order valence-corrected chi connectivity index (χ3v) is 1.79. The molecule has 0 heterocycles. The molecule has 0 aromatic carbocycles. The van der Waals surface area contributed by atoms with E-state index in [2.05, 4.69) is 0 Å². The standard InChI is InChI=1S/F2HNO4S2.Li.H/c1-8(4,5)3-9(2,6)7;;/h3H;;/q;+1;-1. The van der Waals surface area contributed by atoms with Gasteiger partial charge in [-0.05, 0) is 0 Å². The molecule has 0 aliphatic heterocycles. The second kappa shape index (κ2) is 3.63. The molecule has 0 fully saturated rings. The Labute approximate surface area is 70.2 Å². The fourth-order valence-corrected chi connectivity index (χ4v) is 1.07. The summed E-state index contributed by atoms with van der Waals surface area (Å²) in [5, 5.41) is 0. The number of hydrogen-bond acceptors (Lipinski definition) is 4. The van der Waals surface area contributed by atoms with Crippen molar-refractivity contribution in [3.8, 4) is 0 Å². The normalized spacial score (nSPS) is 12.2. The second-order valence-electron chi connectivity index (χ2n) is 0.959. The maximum absolute atomic E-state index is 11.1. The molecule has 0 spiro atoms. The summed E-state index contributed by atoms with van der Waals surface area (Å²) in [6.07, 6.45) is 0. The van der Waals surface area contributed by atoms with Crippen LogP contribution in [-0.2, 0) is 20.8 Å². The predicted octanol–water partition coefficient (Wildman–Crippen LogP) is -3.88. The van der Waals surface area contributed by atoms with Gasteiger partial charge >= 0.3 is 39.7 Å². The van der Waals surface area contributed by atoms with Gasteiger partial charge in [0, 0.05) is 0 Å². The number of halogens is 2. The first-order valence-corrected chi connectivity index (χ1v) is 4.15. The van der Waals surface area contributed by atoms with Gasteiger partial charge in [0.25, 0.3) is 0 Å². The van der Waals surface area contributed by atoms with Crippen LogP contribution in [0.25, 0.3) is 0 Å². The van der Waals surface area contributed by atoms with E-state index in [9.17, 15) is 24.6 Å². The van der Waals surface area contributed by atoms with Gasteiger partial charge in [0.05, 0.1) is 0 Å². The predicted molar refractivity (Wildman–Crippen MR) is 24.3 cm³/mol. The van der Waals surface area contributed by atoms with E-state index in [0.717, 1.165) is 0 Å². The zero-order valence-corrected chi connectivity index (χ0v) is 6.34. The minimum absolute atomic E-state index is 0. The molecule has 0 aliphatic carbocycles. The molecular weight excluding hydrogens is 187 g/mol. The van der Waals surface area contributed by atoms with Crippen LogP contribution in [0.15, 0.2) is 0 Å². The molecular formula is H2F2LiNO4S2. The van der Waals surface area contributed by atoms with Crippen molar-refractivity contribution >= 4 is 20.8 Å². The van der Waals surface area contributed by atoms with Crippen LogP contribution in [0.3, 0.4) is 0 Å². The molecule has 0 unspecified atom stereocenters. The van der Waals surface area contributed by atoms with Crippen molar-refractivity contribution in [2.24, 2.45) is 0 Å². The molecule has 0 rings (SSSR count). The van der Waals surface area contributed by atoms with Crippen LogP contribution >= 0.6 is 0 Å². The Hall–Kier alpha value is 0.317. The molecule has 0 aromatic heterocycles. The van der Waals surface area contributed by atoms with E-state index in [1.165, 1.54) is 0 Å². The van der Waals surface area contributed by atoms with E-state index >= 15 is 0 Å². The zero-order chi connectivity index (χ0) is 7.71. The van der Waals surface area contributed by atoms with E-state index < -0.39 is 20.8 Å². The Bertz CT molecular complexity index is 251. The van der Waals surface area contributed by atoms with Crippen LogP contribution in [0.1, 0.15) is 1.43 Å². The Kier molecular flexibility index (Phi) is 4.71. The van der Waals surface area contributed by atoms with Gasteiger partial charge in [-0.3, -0.25) is 0 Å². The van der Waals surface area contributed by atoms with Crippen molar-refractivity contribution in [2.75, 3.05) is 0 Å². The van der Waals surface area contributed by atoms with Crippen LogP contribution in [0, 0.1) is 0 Å². The van der Waals surface area contributed by atoms with Crippen LogP contribution in [0.4, 0.5) is 7.77 Å². The van der Waals surface area contributed by atoms with E-state index in [1.54, 1.807) is 0 Å². The number of hydrogen-bond donors (Lipinski definition) is 1. The molecule has 0 saturated carbocycles. The van der Waals surface area contributed by atoms with E-state index in [-0.39, 0.29) is 24.4 Å². The van der Waals surface area contributed by atoms with Crippen LogP contribution in [0.2, 0.25) is 0 Å². The fraction of sp³-hybridized carbons (Fsp3) is 0. The third kappa shape index (κ3) is 11.2. The Balaban J connectivity index is -0.000000320. The molecule has 10 heavy (non-hydrogen) atoms. The van der Waals surface area contributed by atoms with E-state index in [1.807, 2.05) is 0 Å². The molecule has 58 valence electrons. The van der Waals surface area contributed by atoms with Crippen molar-refractivity contribution in [1.82, 2.24) is 4.13 Å². The van der Waals surface area contributed by atoms with Gasteiger partial charge in [0.15, 0.2) is 0 Å². The topological polar surface area (TPSA) is 80.3 Å². The van der Waals surface area contributed by atoms with Crippen LogP contribution < -0.4 is 23.0 Å².